The number of para-hydroxylation sites is 2. The van der Waals surface area contributed by atoms with Crippen molar-refractivity contribution in [1.29, 1.82) is 0 Å². The van der Waals surface area contributed by atoms with Crippen LogP contribution in [0.4, 0.5) is 10.1 Å². The van der Waals surface area contributed by atoms with Gasteiger partial charge in [-0.3, -0.25) is 9.10 Å². The van der Waals surface area contributed by atoms with E-state index in [0.717, 1.165) is 4.31 Å². The van der Waals surface area contributed by atoms with Crippen molar-refractivity contribution in [3.05, 3.63) is 84.2 Å². The minimum absolute atomic E-state index is 0.00594. The SMILES string of the molecule is COc1ccc(S(=O)(=O)N(CC(=O)N[C@@H](C)c2ccc(F)cc2)c2ccccc2OC)cc1. The zero-order valence-corrected chi connectivity index (χ0v) is 19.3. The number of ether oxygens (including phenoxy) is 2. The summed E-state index contributed by atoms with van der Waals surface area (Å²) >= 11 is 0. The Balaban J connectivity index is 1.93. The van der Waals surface area contributed by atoms with Gasteiger partial charge in [0.15, 0.2) is 0 Å². The van der Waals surface area contributed by atoms with Crippen LogP contribution >= 0.6 is 0 Å². The maximum atomic E-state index is 13.5. The third kappa shape index (κ3) is 5.61. The van der Waals surface area contributed by atoms with Crippen LogP contribution in [0.25, 0.3) is 0 Å². The van der Waals surface area contributed by atoms with E-state index >= 15 is 0 Å². The van der Waals surface area contributed by atoms with Gasteiger partial charge < -0.3 is 14.8 Å². The number of anilines is 1. The van der Waals surface area contributed by atoms with Crippen LogP contribution in [0.5, 0.6) is 11.5 Å². The van der Waals surface area contributed by atoms with E-state index in [-0.39, 0.29) is 16.4 Å². The molecule has 9 heteroatoms. The molecular weight excluding hydrogens is 447 g/mol. The van der Waals surface area contributed by atoms with Crippen molar-refractivity contribution < 1.29 is 27.1 Å². The molecule has 174 valence electrons. The molecule has 33 heavy (non-hydrogen) atoms. The lowest BCUT2D eigenvalue weighted by molar-refractivity contribution is -0.120. The maximum absolute atomic E-state index is 13.5. The topological polar surface area (TPSA) is 84.9 Å². The molecule has 3 rings (SSSR count). The van der Waals surface area contributed by atoms with Crippen molar-refractivity contribution in [2.24, 2.45) is 0 Å². The second-order valence-electron chi connectivity index (χ2n) is 7.20. The summed E-state index contributed by atoms with van der Waals surface area (Å²) in [7, 11) is -1.22. The molecule has 0 spiro atoms. The number of nitrogens with zero attached hydrogens (tertiary/aromatic N) is 1. The molecule has 0 aromatic heterocycles. The summed E-state index contributed by atoms with van der Waals surface area (Å²) in [5, 5.41) is 2.77. The molecule has 1 amide bonds. The molecule has 0 aliphatic rings. The number of carbonyl (C=O) groups excluding carboxylic acids is 1. The highest BCUT2D eigenvalue weighted by molar-refractivity contribution is 7.92. The molecule has 0 saturated heterocycles. The molecule has 3 aromatic rings. The monoisotopic (exact) mass is 472 g/mol. The Morgan fingerprint density at radius 3 is 2.21 bits per heavy atom. The van der Waals surface area contributed by atoms with Gasteiger partial charge in [0.05, 0.1) is 30.8 Å². The smallest absolute Gasteiger partial charge is 0.264 e. The fourth-order valence-corrected chi connectivity index (χ4v) is 4.69. The fraction of sp³-hybridized carbons (Fsp3) is 0.208. The number of nitrogens with one attached hydrogen (secondary N) is 1. The standard InChI is InChI=1S/C24H25FN2O5S/c1-17(18-8-10-19(25)11-9-18)26-24(28)16-27(22-6-4-5-7-23(22)32-3)33(29,30)21-14-12-20(31-2)13-15-21/h4-15,17H,16H2,1-3H3,(H,26,28)/t17-/m0/s1. The first-order valence-corrected chi connectivity index (χ1v) is 11.5. The van der Waals surface area contributed by atoms with Crippen LogP contribution in [0.15, 0.2) is 77.7 Å². The third-order valence-corrected chi connectivity index (χ3v) is 6.81. The first kappa shape index (κ1) is 24.1. The van der Waals surface area contributed by atoms with Crippen LogP contribution in [0, 0.1) is 5.82 Å². The molecule has 0 saturated carbocycles. The Hall–Kier alpha value is -3.59. The van der Waals surface area contributed by atoms with E-state index in [2.05, 4.69) is 5.32 Å². The van der Waals surface area contributed by atoms with Crippen LogP contribution in [0.2, 0.25) is 0 Å². The highest BCUT2D eigenvalue weighted by Gasteiger charge is 2.29. The molecule has 0 unspecified atom stereocenters. The Kier molecular flexibility index (Phi) is 7.55. The predicted molar refractivity (Wildman–Crippen MR) is 123 cm³/mol. The zero-order chi connectivity index (χ0) is 24.0. The van der Waals surface area contributed by atoms with Crippen molar-refractivity contribution in [2.75, 3.05) is 25.1 Å². The van der Waals surface area contributed by atoms with E-state index < -0.39 is 28.5 Å². The fourth-order valence-electron chi connectivity index (χ4n) is 3.26. The quantitative estimate of drug-likeness (QED) is 0.510. The minimum Gasteiger partial charge on any atom is -0.497 e. The van der Waals surface area contributed by atoms with Crippen LogP contribution in [-0.4, -0.2) is 35.1 Å². The number of carbonyl (C=O) groups is 1. The van der Waals surface area contributed by atoms with Crippen LogP contribution in [0.1, 0.15) is 18.5 Å². The second-order valence-corrected chi connectivity index (χ2v) is 9.06. The molecule has 1 atom stereocenters. The number of methoxy groups -OCH3 is 2. The van der Waals surface area contributed by atoms with E-state index in [1.165, 1.54) is 50.6 Å². The average molecular weight is 473 g/mol. The lowest BCUT2D eigenvalue weighted by atomic mass is 10.1. The van der Waals surface area contributed by atoms with Crippen molar-refractivity contribution in [3.8, 4) is 11.5 Å². The van der Waals surface area contributed by atoms with Gasteiger partial charge in [0.2, 0.25) is 5.91 Å². The number of hydrogen-bond donors (Lipinski definition) is 1. The number of halogens is 1. The van der Waals surface area contributed by atoms with Crippen molar-refractivity contribution in [2.45, 2.75) is 17.9 Å². The number of rotatable bonds is 9. The molecule has 0 fully saturated rings. The van der Waals surface area contributed by atoms with E-state index in [9.17, 15) is 17.6 Å². The molecule has 0 heterocycles. The zero-order valence-electron chi connectivity index (χ0n) is 18.5. The maximum Gasteiger partial charge on any atom is 0.264 e. The van der Waals surface area contributed by atoms with Gasteiger partial charge in [0.25, 0.3) is 10.0 Å². The van der Waals surface area contributed by atoms with E-state index in [4.69, 9.17) is 9.47 Å². The molecule has 1 N–H and O–H groups in total. The van der Waals surface area contributed by atoms with Gasteiger partial charge in [0, 0.05) is 0 Å². The summed E-state index contributed by atoms with van der Waals surface area (Å²) in [5.74, 6) is -0.113. The lowest BCUT2D eigenvalue weighted by Gasteiger charge is -2.26. The van der Waals surface area contributed by atoms with Gasteiger partial charge in [-0.15, -0.1) is 0 Å². The number of amides is 1. The highest BCUT2D eigenvalue weighted by atomic mass is 32.2. The highest BCUT2D eigenvalue weighted by Crippen LogP contribution is 2.32. The van der Waals surface area contributed by atoms with Gasteiger partial charge >= 0.3 is 0 Å². The summed E-state index contributed by atoms with van der Waals surface area (Å²) in [4.78, 5) is 12.9. The van der Waals surface area contributed by atoms with Crippen molar-refractivity contribution >= 4 is 21.6 Å². The largest absolute Gasteiger partial charge is 0.497 e. The summed E-state index contributed by atoms with van der Waals surface area (Å²) in [5.41, 5.74) is 0.909. The summed E-state index contributed by atoms with van der Waals surface area (Å²) < 4.78 is 51.7. The molecule has 0 aliphatic heterocycles. The molecular formula is C24H25FN2O5S. The summed E-state index contributed by atoms with van der Waals surface area (Å²) in [6.07, 6.45) is 0. The Labute approximate surface area is 192 Å². The molecule has 0 aliphatic carbocycles. The van der Waals surface area contributed by atoms with E-state index in [0.29, 0.717) is 17.1 Å². The van der Waals surface area contributed by atoms with Gasteiger partial charge in [-0.05, 0) is 61.0 Å². The summed E-state index contributed by atoms with van der Waals surface area (Å²) in [6, 6.07) is 17.7. The number of hydrogen-bond acceptors (Lipinski definition) is 5. The van der Waals surface area contributed by atoms with Crippen LogP contribution < -0.4 is 19.1 Å². The Bertz CT molecular complexity index is 1200. The Morgan fingerprint density at radius 1 is 0.970 bits per heavy atom. The van der Waals surface area contributed by atoms with Crippen molar-refractivity contribution in [3.63, 3.8) is 0 Å². The van der Waals surface area contributed by atoms with E-state index in [1.807, 2.05) is 0 Å². The summed E-state index contributed by atoms with van der Waals surface area (Å²) in [6.45, 7) is 1.25. The third-order valence-electron chi connectivity index (χ3n) is 5.04. The van der Waals surface area contributed by atoms with Gasteiger partial charge in [-0.1, -0.05) is 24.3 Å². The second kappa shape index (κ2) is 10.4. The lowest BCUT2D eigenvalue weighted by Crippen LogP contribution is -2.41. The van der Waals surface area contributed by atoms with E-state index in [1.54, 1.807) is 43.3 Å². The van der Waals surface area contributed by atoms with Crippen molar-refractivity contribution in [1.82, 2.24) is 5.32 Å². The predicted octanol–water partition coefficient (Wildman–Crippen LogP) is 3.92. The Morgan fingerprint density at radius 2 is 1.61 bits per heavy atom. The van der Waals surface area contributed by atoms with Crippen LogP contribution in [-0.2, 0) is 14.8 Å². The van der Waals surface area contributed by atoms with Gasteiger partial charge in [0.1, 0.15) is 23.9 Å². The molecule has 0 radical (unpaired) electrons. The molecule has 3 aromatic carbocycles. The normalized spacial score (nSPS) is 12.0. The van der Waals surface area contributed by atoms with Crippen LogP contribution in [0.3, 0.4) is 0 Å². The first-order chi connectivity index (χ1) is 15.8. The number of benzene rings is 3. The minimum atomic E-state index is -4.13. The molecule has 0 bridgehead atoms. The average Bonchev–Trinajstić information content (AvgIpc) is 2.82. The molecule has 7 nitrogen and oxygen atoms in total. The first-order valence-electron chi connectivity index (χ1n) is 10.1. The van der Waals surface area contributed by atoms with Gasteiger partial charge in [-0.2, -0.15) is 0 Å². The van der Waals surface area contributed by atoms with Gasteiger partial charge in [-0.25, -0.2) is 12.8 Å². The number of sulfonamides is 1.